The van der Waals surface area contributed by atoms with Crippen molar-refractivity contribution in [2.24, 2.45) is 17.2 Å². The van der Waals surface area contributed by atoms with Gasteiger partial charge in [0.1, 0.15) is 0 Å². The zero-order valence-corrected chi connectivity index (χ0v) is 12.5. The number of rotatable bonds is 12. The highest BCUT2D eigenvalue weighted by atomic mass is 16.2. The molecule has 0 saturated heterocycles. The number of primary amides is 1. The molecule has 0 spiro atoms. The summed E-state index contributed by atoms with van der Waals surface area (Å²) < 4.78 is 0. The lowest BCUT2D eigenvalue weighted by Gasteiger charge is -2.21. The molecule has 0 heterocycles. The minimum atomic E-state index is -0.867. The van der Waals surface area contributed by atoms with E-state index in [-0.39, 0.29) is 0 Å². The van der Waals surface area contributed by atoms with Crippen molar-refractivity contribution < 1.29 is 9.59 Å². The normalized spacial score (nSPS) is 10.5. The molecule has 0 bridgehead atoms. The number of hydrogen-bond donors (Lipinski definition) is 3. The maximum absolute atomic E-state index is 11.7. The maximum Gasteiger partial charge on any atom is 0.311 e. The lowest BCUT2D eigenvalue weighted by Crippen LogP contribution is -2.41. The minimum Gasteiger partial charge on any atom is -0.361 e. The van der Waals surface area contributed by atoms with E-state index in [1.165, 1.54) is 0 Å². The van der Waals surface area contributed by atoms with Crippen LogP contribution in [0.15, 0.2) is 0 Å². The molecule has 0 aromatic rings. The van der Waals surface area contributed by atoms with E-state index in [1.54, 1.807) is 4.90 Å². The van der Waals surface area contributed by atoms with Crippen molar-refractivity contribution in [3.05, 3.63) is 0 Å². The topological polar surface area (TPSA) is 115 Å². The largest absolute Gasteiger partial charge is 0.361 e. The highest BCUT2D eigenvalue weighted by Crippen LogP contribution is 2.05. The van der Waals surface area contributed by atoms with Crippen molar-refractivity contribution in [3.63, 3.8) is 0 Å². The smallest absolute Gasteiger partial charge is 0.311 e. The van der Waals surface area contributed by atoms with Crippen LogP contribution in [0.1, 0.15) is 51.4 Å². The summed E-state index contributed by atoms with van der Waals surface area (Å²) in [5.74, 6) is -1.43. The van der Waals surface area contributed by atoms with Crippen LogP contribution in [0.4, 0.5) is 0 Å². The first-order valence-electron chi connectivity index (χ1n) is 7.62. The third kappa shape index (κ3) is 9.75. The Labute approximate surface area is 122 Å². The van der Waals surface area contributed by atoms with Crippen LogP contribution in [0.5, 0.6) is 0 Å². The summed E-state index contributed by atoms with van der Waals surface area (Å²) in [6.45, 7) is 2.60. The molecule has 0 saturated carbocycles. The number of amides is 2. The fourth-order valence-electron chi connectivity index (χ4n) is 2.07. The van der Waals surface area contributed by atoms with Gasteiger partial charge in [0.2, 0.25) is 0 Å². The zero-order valence-electron chi connectivity index (χ0n) is 12.5. The Balaban J connectivity index is 3.95. The van der Waals surface area contributed by atoms with E-state index in [2.05, 4.69) is 0 Å². The van der Waals surface area contributed by atoms with E-state index in [4.69, 9.17) is 17.2 Å². The van der Waals surface area contributed by atoms with Crippen molar-refractivity contribution in [2.75, 3.05) is 26.2 Å². The number of hydrogen-bond acceptors (Lipinski definition) is 4. The van der Waals surface area contributed by atoms with Gasteiger partial charge >= 0.3 is 11.8 Å². The van der Waals surface area contributed by atoms with Crippen LogP contribution >= 0.6 is 0 Å². The monoisotopic (exact) mass is 286 g/mol. The van der Waals surface area contributed by atoms with E-state index in [0.717, 1.165) is 51.4 Å². The van der Waals surface area contributed by atoms with Crippen molar-refractivity contribution in [2.45, 2.75) is 51.4 Å². The van der Waals surface area contributed by atoms with Crippen molar-refractivity contribution >= 4 is 11.8 Å². The van der Waals surface area contributed by atoms with Crippen molar-refractivity contribution in [1.29, 1.82) is 0 Å². The fraction of sp³-hybridized carbons (Fsp3) is 0.857. The molecule has 0 rings (SSSR count). The molecule has 6 nitrogen and oxygen atoms in total. The molecule has 0 unspecified atom stereocenters. The van der Waals surface area contributed by atoms with Crippen LogP contribution in [0, 0.1) is 0 Å². The first-order chi connectivity index (χ1) is 9.63. The second-order valence-electron chi connectivity index (χ2n) is 5.06. The molecular formula is C14H30N4O2. The molecule has 0 aliphatic heterocycles. The molecule has 0 aromatic heterocycles. The van der Waals surface area contributed by atoms with E-state index in [1.807, 2.05) is 0 Å². The molecule has 20 heavy (non-hydrogen) atoms. The van der Waals surface area contributed by atoms with Crippen LogP contribution in [0.2, 0.25) is 0 Å². The van der Waals surface area contributed by atoms with Gasteiger partial charge in [-0.25, -0.2) is 0 Å². The number of nitrogens with zero attached hydrogens (tertiary/aromatic N) is 1. The Morgan fingerprint density at radius 1 is 0.700 bits per heavy atom. The quantitative estimate of drug-likeness (QED) is 0.354. The average Bonchev–Trinajstić information content (AvgIpc) is 2.43. The first kappa shape index (κ1) is 18.9. The summed E-state index contributed by atoms with van der Waals surface area (Å²) in [5.41, 5.74) is 15.9. The van der Waals surface area contributed by atoms with Gasteiger partial charge in [-0.15, -0.1) is 0 Å². The summed E-state index contributed by atoms with van der Waals surface area (Å²) in [7, 11) is 0. The Bertz CT molecular complexity index is 258. The molecule has 0 radical (unpaired) electrons. The Hall–Kier alpha value is -1.14. The van der Waals surface area contributed by atoms with Crippen molar-refractivity contribution in [1.82, 2.24) is 4.90 Å². The van der Waals surface area contributed by atoms with E-state index in [9.17, 15) is 9.59 Å². The van der Waals surface area contributed by atoms with Gasteiger partial charge in [-0.05, 0) is 38.8 Å². The van der Waals surface area contributed by atoms with Gasteiger partial charge in [0, 0.05) is 13.1 Å². The lowest BCUT2D eigenvalue weighted by molar-refractivity contribution is -0.144. The van der Waals surface area contributed by atoms with E-state index >= 15 is 0 Å². The predicted octanol–water partition coefficient (Wildman–Crippen LogP) is 0.339. The fourth-order valence-corrected chi connectivity index (χ4v) is 2.07. The summed E-state index contributed by atoms with van der Waals surface area (Å²) in [6.07, 6.45) is 7.95. The Morgan fingerprint density at radius 2 is 1.10 bits per heavy atom. The molecule has 6 N–H and O–H groups in total. The summed E-state index contributed by atoms with van der Waals surface area (Å²) >= 11 is 0. The van der Waals surface area contributed by atoms with Gasteiger partial charge in [0.05, 0.1) is 0 Å². The van der Waals surface area contributed by atoms with Gasteiger partial charge in [-0.1, -0.05) is 25.7 Å². The average molecular weight is 286 g/mol. The third-order valence-corrected chi connectivity index (χ3v) is 3.26. The highest BCUT2D eigenvalue weighted by Gasteiger charge is 2.17. The second kappa shape index (κ2) is 12.9. The van der Waals surface area contributed by atoms with Crippen LogP contribution in [0.3, 0.4) is 0 Å². The number of carbonyl (C=O) groups is 2. The lowest BCUT2D eigenvalue weighted by atomic mass is 10.1. The highest BCUT2D eigenvalue weighted by molar-refractivity contribution is 6.34. The van der Waals surface area contributed by atoms with Crippen molar-refractivity contribution in [3.8, 4) is 0 Å². The predicted molar refractivity (Wildman–Crippen MR) is 80.8 cm³/mol. The van der Waals surface area contributed by atoms with Gasteiger partial charge in [0.25, 0.3) is 0 Å². The van der Waals surface area contributed by atoms with Crippen LogP contribution in [-0.2, 0) is 9.59 Å². The third-order valence-electron chi connectivity index (χ3n) is 3.26. The van der Waals surface area contributed by atoms with Gasteiger partial charge in [-0.2, -0.15) is 0 Å². The number of carbonyl (C=O) groups excluding carboxylic acids is 2. The Morgan fingerprint density at radius 3 is 1.45 bits per heavy atom. The molecule has 0 aliphatic carbocycles. The summed E-state index contributed by atoms with van der Waals surface area (Å²) in [5, 5.41) is 0. The SMILES string of the molecule is NCCCCCCN(CCCCCCN)C(=O)C(N)=O. The second-order valence-corrected chi connectivity index (χ2v) is 5.06. The molecule has 0 atom stereocenters. The van der Waals surface area contributed by atoms with E-state index in [0.29, 0.717) is 26.2 Å². The van der Waals surface area contributed by atoms with Crippen LogP contribution in [0.25, 0.3) is 0 Å². The van der Waals surface area contributed by atoms with Crippen LogP contribution in [-0.4, -0.2) is 42.9 Å². The van der Waals surface area contributed by atoms with Gasteiger partial charge in [-0.3, -0.25) is 9.59 Å². The maximum atomic E-state index is 11.7. The van der Waals surface area contributed by atoms with E-state index < -0.39 is 11.8 Å². The van der Waals surface area contributed by atoms with Gasteiger partial charge in [0.15, 0.2) is 0 Å². The summed E-state index contributed by atoms with van der Waals surface area (Å²) in [6, 6.07) is 0. The van der Waals surface area contributed by atoms with Crippen LogP contribution < -0.4 is 17.2 Å². The summed E-state index contributed by atoms with van der Waals surface area (Å²) in [4.78, 5) is 24.3. The Kier molecular flexibility index (Phi) is 12.1. The number of unbranched alkanes of at least 4 members (excludes halogenated alkanes) is 6. The molecule has 2 amide bonds. The number of nitrogens with two attached hydrogens (primary N) is 3. The molecule has 0 aromatic carbocycles. The molecular weight excluding hydrogens is 256 g/mol. The molecule has 0 aliphatic rings. The van der Waals surface area contributed by atoms with Gasteiger partial charge < -0.3 is 22.1 Å². The first-order valence-corrected chi connectivity index (χ1v) is 7.62. The zero-order chi connectivity index (χ0) is 15.2. The standard InChI is InChI=1S/C14H30N4O2/c15-9-5-1-3-7-11-18(14(20)13(17)19)12-8-4-2-6-10-16/h1-12,15-16H2,(H2,17,19). The molecule has 0 fully saturated rings. The molecule has 118 valence electrons. The minimum absolute atomic E-state index is 0.567. The molecule has 6 heteroatoms.